The fourth-order valence-corrected chi connectivity index (χ4v) is 4.57. The van der Waals surface area contributed by atoms with Crippen LogP contribution in [0.25, 0.3) is 0 Å². The summed E-state index contributed by atoms with van der Waals surface area (Å²) < 4.78 is 22.6. The molecule has 1 rings (SSSR count). The molecule has 1 fully saturated rings. The van der Waals surface area contributed by atoms with Gasteiger partial charge in [0.05, 0.1) is 19.8 Å². The lowest BCUT2D eigenvalue weighted by atomic mass is 10.1. The number of hydrogen-bond donors (Lipinski definition) is 2. The third-order valence-corrected chi connectivity index (χ3v) is 6.92. The minimum absolute atomic E-state index is 0.127. The molecule has 2 N–H and O–H groups in total. The van der Waals surface area contributed by atoms with Gasteiger partial charge >= 0.3 is 11.9 Å². The second-order valence-electron chi connectivity index (χ2n) is 8.31. The van der Waals surface area contributed by atoms with Gasteiger partial charge in [0.2, 0.25) is 0 Å². The fraction of sp³-hybridized carbons (Fsp3) is 0.913. The molecule has 1 saturated heterocycles. The van der Waals surface area contributed by atoms with E-state index in [2.05, 4.69) is 0 Å². The largest absolute Gasteiger partial charge is 0.463 e. The molecule has 1 aliphatic heterocycles. The normalized spacial score (nSPS) is 18.2. The Morgan fingerprint density at radius 1 is 0.970 bits per heavy atom. The minimum atomic E-state index is -0.968. The quantitative estimate of drug-likeness (QED) is 0.199. The summed E-state index contributed by atoms with van der Waals surface area (Å²) in [5, 5.41) is 17.7. The topological polar surface area (TPSA) is 112 Å². The molecule has 0 aliphatic carbocycles. The monoisotopic (exact) mass is 510 g/mol. The van der Waals surface area contributed by atoms with E-state index in [0.717, 1.165) is 37.2 Å². The fourth-order valence-electron chi connectivity index (χ4n) is 3.21. The molecule has 0 radical (unpaired) electrons. The molecule has 0 aromatic rings. The molecule has 33 heavy (non-hydrogen) atoms. The molecular weight excluding hydrogens is 468 g/mol. The molecule has 3 atom stereocenters. The van der Waals surface area contributed by atoms with Crippen LogP contribution in [0.1, 0.15) is 58.8 Å². The standard InChI is InChI=1S/C23H42O8S2/c1-18(2)17-20(22(26)29-12-6-14-33-16-10-25)31-23(27)19(7-5-13-32-15-9-24)30-21-8-3-4-11-28-21/h18-21,24-25H,3-17H2,1-2H3/t19-,20-,21?/m0/s1. The number of aliphatic hydroxyl groups excluding tert-OH is 2. The Bertz CT molecular complexity index is 515. The van der Waals surface area contributed by atoms with E-state index in [9.17, 15) is 9.59 Å². The third kappa shape index (κ3) is 15.2. The molecule has 0 saturated carbocycles. The number of carbonyl (C=O) groups excluding carboxylic acids is 2. The molecule has 10 heteroatoms. The van der Waals surface area contributed by atoms with Gasteiger partial charge in [-0.3, -0.25) is 0 Å². The summed E-state index contributed by atoms with van der Waals surface area (Å²) in [5.41, 5.74) is 0. The zero-order valence-electron chi connectivity index (χ0n) is 20.1. The third-order valence-electron chi connectivity index (χ3n) is 4.83. The first-order chi connectivity index (χ1) is 16.0. The predicted octanol–water partition coefficient (Wildman–Crippen LogP) is 3.02. The van der Waals surface area contributed by atoms with Crippen molar-refractivity contribution in [1.29, 1.82) is 0 Å². The molecule has 1 unspecified atom stereocenters. The molecule has 0 aromatic carbocycles. The van der Waals surface area contributed by atoms with Crippen molar-refractivity contribution < 1.29 is 38.7 Å². The summed E-state index contributed by atoms with van der Waals surface area (Å²) in [6.07, 6.45) is 2.72. The second-order valence-corrected chi connectivity index (χ2v) is 10.8. The average Bonchev–Trinajstić information content (AvgIpc) is 2.80. The number of carbonyl (C=O) groups is 2. The summed E-state index contributed by atoms with van der Waals surface area (Å²) in [7, 11) is 0. The molecule has 1 aliphatic rings. The summed E-state index contributed by atoms with van der Waals surface area (Å²) in [6, 6.07) is 0. The van der Waals surface area contributed by atoms with E-state index < -0.39 is 30.4 Å². The highest BCUT2D eigenvalue weighted by atomic mass is 32.2. The Balaban J connectivity index is 2.63. The highest BCUT2D eigenvalue weighted by Crippen LogP contribution is 2.20. The van der Waals surface area contributed by atoms with Gasteiger partial charge in [0.1, 0.15) is 0 Å². The van der Waals surface area contributed by atoms with Crippen molar-refractivity contribution in [3.05, 3.63) is 0 Å². The summed E-state index contributed by atoms with van der Waals surface area (Å²) in [6.45, 7) is 5.04. The number of esters is 2. The highest BCUT2D eigenvalue weighted by Gasteiger charge is 2.32. The van der Waals surface area contributed by atoms with Crippen molar-refractivity contribution in [1.82, 2.24) is 0 Å². The van der Waals surface area contributed by atoms with Crippen LogP contribution in [0.3, 0.4) is 0 Å². The number of aliphatic hydroxyl groups is 2. The first-order valence-corrected chi connectivity index (χ1v) is 14.3. The van der Waals surface area contributed by atoms with Crippen LogP contribution in [-0.4, -0.2) is 90.1 Å². The van der Waals surface area contributed by atoms with Crippen LogP contribution in [-0.2, 0) is 28.5 Å². The van der Waals surface area contributed by atoms with E-state index in [1.165, 1.54) is 0 Å². The first kappa shape index (κ1) is 30.5. The van der Waals surface area contributed by atoms with Crippen molar-refractivity contribution in [3.63, 3.8) is 0 Å². The molecule has 8 nitrogen and oxygen atoms in total. The lowest BCUT2D eigenvalue weighted by molar-refractivity contribution is -0.209. The number of ether oxygens (including phenoxy) is 4. The zero-order chi connectivity index (χ0) is 24.3. The van der Waals surface area contributed by atoms with E-state index in [1.54, 1.807) is 23.5 Å². The van der Waals surface area contributed by atoms with Crippen molar-refractivity contribution >= 4 is 35.5 Å². The van der Waals surface area contributed by atoms with Gasteiger partial charge in [-0.2, -0.15) is 23.5 Å². The van der Waals surface area contributed by atoms with Gasteiger partial charge in [-0.25, -0.2) is 9.59 Å². The lowest BCUT2D eigenvalue weighted by Crippen LogP contribution is -2.39. The molecule has 194 valence electrons. The molecule has 0 bridgehead atoms. The van der Waals surface area contributed by atoms with E-state index in [0.29, 0.717) is 37.4 Å². The smallest absolute Gasteiger partial charge is 0.347 e. The Hall–Kier alpha value is -0.520. The average molecular weight is 511 g/mol. The zero-order valence-corrected chi connectivity index (χ0v) is 21.7. The van der Waals surface area contributed by atoms with Gasteiger partial charge in [0.15, 0.2) is 18.5 Å². The minimum Gasteiger partial charge on any atom is -0.463 e. The van der Waals surface area contributed by atoms with Crippen LogP contribution in [0, 0.1) is 5.92 Å². The van der Waals surface area contributed by atoms with E-state index in [4.69, 9.17) is 29.2 Å². The van der Waals surface area contributed by atoms with Crippen LogP contribution in [0.2, 0.25) is 0 Å². The predicted molar refractivity (Wildman–Crippen MR) is 131 cm³/mol. The Labute approximate surface area is 206 Å². The number of hydrogen-bond acceptors (Lipinski definition) is 10. The van der Waals surface area contributed by atoms with Crippen molar-refractivity contribution in [2.45, 2.75) is 77.3 Å². The van der Waals surface area contributed by atoms with E-state index in [1.807, 2.05) is 13.8 Å². The van der Waals surface area contributed by atoms with E-state index >= 15 is 0 Å². The van der Waals surface area contributed by atoms with Crippen molar-refractivity contribution in [2.24, 2.45) is 5.92 Å². The Morgan fingerprint density at radius 3 is 2.27 bits per heavy atom. The molecular formula is C23H42O8S2. The van der Waals surface area contributed by atoms with Gasteiger partial charge in [-0.15, -0.1) is 0 Å². The lowest BCUT2D eigenvalue weighted by Gasteiger charge is -2.28. The Kier molecular flexibility index (Phi) is 18.3. The number of rotatable bonds is 19. The van der Waals surface area contributed by atoms with Crippen LogP contribution in [0.4, 0.5) is 0 Å². The SMILES string of the molecule is CC(C)C[C@H](OC(=O)[C@H](CCCSCCO)OC1CCCCO1)C(=O)OCCCSCCO. The second kappa shape index (κ2) is 19.8. The summed E-state index contributed by atoms with van der Waals surface area (Å²) in [4.78, 5) is 25.6. The maximum Gasteiger partial charge on any atom is 0.347 e. The van der Waals surface area contributed by atoms with E-state index in [-0.39, 0.29) is 25.7 Å². The molecule has 0 amide bonds. The highest BCUT2D eigenvalue weighted by molar-refractivity contribution is 7.99. The van der Waals surface area contributed by atoms with Crippen molar-refractivity contribution in [2.75, 3.05) is 49.4 Å². The summed E-state index contributed by atoms with van der Waals surface area (Å²) >= 11 is 3.21. The van der Waals surface area contributed by atoms with Gasteiger partial charge in [-0.1, -0.05) is 13.8 Å². The molecule has 1 heterocycles. The van der Waals surface area contributed by atoms with Gasteiger partial charge in [0.25, 0.3) is 0 Å². The van der Waals surface area contributed by atoms with Gasteiger partial charge in [-0.05, 0) is 62.4 Å². The van der Waals surface area contributed by atoms with Crippen LogP contribution < -0.4 is 0 Å². The first-order valence-electron chi connectivity index (χ1n) is 12.0. The molecule has 0 aromatic heterocycles. The number of thioether (sulfide) groups is 2. The summed E-state index contributed by atoms with van der Waals surface area (Å²) in [5.74, 6) is 1.95. The Morgan fingerprint density at radius 2 is 1.67 bits per heavy atom. The molecule has 0 spiro atoms. The van der Waals surface area contributed by atoms with Gasteiger partial charge < -0.3 is 29.2 Å². The van der Waals surface area contributed by atoms with Crippen molar-refractivity contribution in [3.8, 4) is 0 Å². The maximum atomic E-state index is 13.0. The van der Waals surface area contributed by atoms with Crippen LogP contribution in [0.5, 0.6) is 0 Å². The van der Waals surface area contributed by atoms with Gasteiger partial charge in [0, 0.05) is 18.1 Å². The maximum absolute atomic E-state index is 13.0. The van der Waals surface area contributed by atoms with Crippen LogP contribution in [0.15, 0.2) is 0 Å². The van der Waals surface area contributed by atoms with Crippen LogP contribution >= 0.6 is 23.5 Å².